The molecule has 0 saturated heterocycles. The lowest BCUT2D eigenvalue weighted by Crippen LogP contribution is -2.30. The Kier molecular flexibility index (Phi) is 2.90. The third-order valence-electron chi connectivity index (χ3n) is 4.40. The van der Waals surface area contributed by atoms with Crippen molar-refractivity contribution in [2.45, 2.75) is 52.1 Å². The lowest BCUT2D eigenvalue weighted by Gasteiger charge is -2.33. The quantitative estimate of drug-likeness (QED) is 0.807. The van der Waals surface area contributed by atoms with Gasteiger partial charge in [0.15, 0.2) is 0 Å². The van der Waals surface area contributed by atoms with Crippen molar-refractivity contribution < 1.29 is 0 Å². The zero-order valence-electron chi connectivity index (χ0n) is 10.8. The lowest BCUT2D eigenvalue weighted by molar-refractivity contribution is 0.189. The van der Waals surface area contributed by atoms with E-state index in [1.165, 1.54) is 30.7 Å². The van der Waals surface area contributed by atoms with Gasteiger partial charge in [-0.05, 0) is 31.1 Å². The highest BCUT2D eigenvalue weighted by Gasteiger charge is 2.30. The highest BCUT2D eigenvalue weighted by molar-refractivity contribution is 5.14. The minimum atomic E-state index is 0.584. The van der Waals surface area contributed by atoms with E-state index < -0.39 is 0 Å². The van der Waals surface area contributed by atoms with Crippen LogP contribution in [0.2, 0.25) is 0 Å². The lowest BCUT2D eigenvalue weighted by atomic mass is 9.80. The number of fused-ring (bicyclic) bond motifs is 1. The Morgan fingerprint density at radius 3 is 3.00 bits per heavy atom. The van der Waals surface area contributed by atoms with Gasteiger partial charge in [0.05, 0.1) is 17.4 Å². The van der Waals surface area contributed by atoms with Crippen molar-refractivity contribution in [3.05, 3.63) is 11.4 Å². The fourth-order valence-electron chi connectivity index (χ4n) is 3.44. The van der Waals surface area contributed by atoms with E-state index in [0.717, 1.165) is 31.3 Å². The summed E-state index contributed by atoms with van der Waals surface area (Å²) in [6.07, 6.45) is 5.02. The van der Waals surface area contributed by atoms with Crippen LogP contribution in [0.4, 0.5) is 0 Å². The molecular weight excluding hydrogens is 212 g/mol. The molecule has 1 aromatic heterocycles. The van der Waals surface area contributed by atoms with Crippen molar-refractivity contribution in [2.24, 2.45) is 11.8 Å². The van der Waals surface area contributed by atoms with E-state index in [4.69, 9.17) is 0 Å². The Balaban J connectivity index is 1.86. The third-order valence-corrected chi connectivity index (χ3v) is 4.40. The summed E-state index contributed by atoms with van der Waals surface area (Å²) in [7, 11) is 0. The average molecular weight is 234 g/mol. The molecule has 2 heterocycles. The van der Waals surface area contributed by atoms with Crippen molar-refractivity contribution in [1.29, 1.82) is 0 Å². The molecule has 3 rings (SSSR count). The molecule has 0 amide bonds. The largest absolute Gasteiger partial charge is 0.311 e. The van der Waals surface area contributed by atoms with Gasteiger partial charge in [0.1, 0.15) is 0 Å². The standard InChI is InChI=1S/C13H22N4/c1-9-3-4-12(10(2)7-9)17-13-5-6-14-8-11(13)15-16-17/h9-10,12,14H,3-8H2,1-2H3. The van der Waals surface area contributed by atoms with Gasteiger partial charge in [0.2, 0.25) is 0 Å². The van der Waals surface area contributed by atoms with Crippen molar-refractivity contribution in [3.63, 3.8) is 0 Å². The van der Waals surface area contributed by atoms with E-state index in [2.05, 4.69) is 34.2 Å². The van der Waals surface area contributed by atoms with Crippen molar-refractivity contribution >= 4 is 0 Å². The van der Waals surface area contributed by atoms with Gasteiger partial charge in [-0.15, -0.1) is 5.10 Å². The Hall–Kier alpha value is -0.900. The van der Waals surface area contributed by atoms with E-state index in [0.29, 0.717) is 6.04 Å². The minimum Gasteiger partial charge on any atom is -0.311 e. The predicted octanol–water partition coefficient (Wildman–Crippen LogP) is 1.92. The van der Waals surface area contributed by atoms with Crippen LogP contribution in [0, 0.1) is 11.8 Å². The number of nitrogens with zero attached hydrogens (tertiary/aromatic N) is 3. The predicted molar refractivity (Wildman–Crippen MR) is 66.6 cm³/mol. The number of aromatic nitrogens is 3. The van der Waals surface area contributed by atoms with E-state index in [1.54, 1.807) is 0 Å². The number of nitrogens with one attached hydrogen (secondary N) is 1. The van der Waals surface area contributed by atoms with E-state index in [9.17, 15) is 0 Å². The maximum absolute atomic E-state index is 4.42. The highest BCUT2D eigenvalue weighted by Crippen LogP contribution is 2.37. The van der Waals surface area contributed by atoms with Crippen LogP contribution in [-0.4, -0.2) is 21.5 Å². The van der Waals surface area contributed by atoms with Crippen molar-refractivity contribution in [1.82, 2.24) is 20.3 Å². The Labute approximate surface area is 103 Å². The summed E-state index contributed by atoms with van der Waals surface area (Å²) in [5.74, 6) is 1.61. The molecule has 94 valence electrons. The molecule has 2 aliphatic rings. The van der Waals surface area contributed by atoms with Gasteiger partial charge in [0.25, 0.3) is 0 Å². The van der Waals surface area contributed by atoms with Crippen LogP contribution in [0.15, 0.2) is 0 Å². The fourth-order valence-corrected chi connectivity index (χ4v) is 3.44. The van der Waals surface area contributed by atoms with Crippen LogP contribution in [0.25, 0.3) is 0 Å². The normalized spacial score (nSPS) is 33.4. The van der Waals surface area contributed by atoms with Gasteiger partial charge < -0.3 is 5.32 Å². The maximum atomic E-state index is 4.42. The summed E-state index contributed by atoms with van der Waals surface area (Å²) >= 11 is 0. The third kappa shape index (κ3) is 1.99. The molecule has 1 aliphatic heterocycles. The molecule has 1 fully saturated rings. The molecule has 0 aromatic carbocycles. The first-order valence-electron chi connectivity index (χ1n) is 6.89. The SMILES string of the molecule is CC1CCC(n2nnc3c2CCNC3)C(C)C1. The smallest absolute Gasteiger partial charge is 0.0997 e. The van der Waals surface area contributed by atoms with Crippen LogP contribution < -0.4 is 5.32 Å². The molecule has 17 heavy (non-hydrogen) atoms. The zero-order valence-corrected chi connectivity index (χ0v) is 10.8. The van der Waals surface area contributed by atoms with Gasteiger partial charge >= 0.3 is 0 Å². The molecule has 0 radical (unpaired) electrons. The molecule has 1 saturated carbocycles. The molecular formula is C13H22N4. The first kappa shape index (κ1) is 11.2. The second kappa shape index (κ2) is 4.41. The highest BCUT2D eigenvalue weighted by atomic mass is 15.4. The molecule has 0 spiro atoms. The van der Waals surface area contributed by atoms with Crippen LogP contribution in [0.3, 0.4) is 0 Å². The summed E-state index contributed by atoms with van der Waals surface area (Å²) in [5, 5.41) is 12.1. The monoisotopic (exact) mass is 234 g/mol. The molecule has 3 atom stereocenters. The first-order valence-corrected chi connectivity index (χ1v) is 6.89. The van der Waals surface area contributed by atoms with Gasteiger partial charge in [-0.25, -0.2) is 4.68 Å². The Morgan fingerprint density at radius 1 is 1.29 bits per heavy atom. The molecule has 4 heteroatoms. The summed E-state index contributed by atoms with van der Waals surface area (Å²) in [5.41, 5.74) is 2.55. The van der Waals surface area contributed by atoms with Crippen LogP contribution in [0.1, 0.15) is 50.5 Å². The van der Waals surface area contributed by atoms with Gasteiger partial charge in [-0.1, -0.05) is 19.1 Å². The summed E-state index contributed by atoms with van der Waals surface area (Å²) in [4.78, 5) is 0. The van der Waals surface area contributed by atoms with Crippen LogP contribution in [-0.2, 0) is 13.0 Å². The average Bonchev–Trinajstić information content (AvgIpc) is 2.73. The molecule has 1 aromatic rings. The zero-order chi connectivity index (χ0) is 11.8. The van der Waals surface area contributed by atoms with E-state index in [-0.39, 0.29) is 0 Å². The molecule has 1 N–H and O–H groups in total. The van der Waals surface area contributed by atoms with Gasteiger partial charge in [-0.3, -0.25) is 0 Å². The van der Waals surface area contributed by atoms with Gasteiger partial charge in [-0.2, -0.15) is 0 Å². The number of rotatable bonds is 1. The number of hydrogen-bond donors (Lipinski definition) is 1. The van der Waals surface area contributed by atoms with E-state index >= 15 is 0 Å². The molecule has 3 unspecified atom stereocenters. The Bertz CT molecular complexity index is 398. The second-order valence-corrected chi connectivity index (χ2v) is 5.82. The van der Waals surface area contributed by atoms with Crippen LogP contribution >= 0.6 is 0 Å². The molecule has 0 bridgehead atoms. The first-order chi connectivity index (χ1) is 8.25. The molecule has 4 nitrogen and oxygen atoms in total. The van der Waals surface area contributed by atoms with Crippen molar-refractivity contribution in [3.8, 4) is 0 Å². The van der Waals surface area contributed by atoms with E-state index in [1.807, 2.05) is 0 Å². The Morgan fingerprint density at radius 2 is 2.18 bits per heavy atom. The summed E-state index contributed by atoms with van der Waals surface area (Å²) < 4.78 is 2.24. The van der Waals surface area contributed by atoms with Crippen LogP contribution in [0.5, 0.6) is 0 Å². The number of hydrogen-bond acceptors (Lipinski definition) is 3. The fraction of sp³-hybridized carbons (Fsp3) is 0.846. The summed E-state index contributed by atoms with van der Waals surface area (Å²) in [6, 6.07) is 0.584. The summed E-state index contributed by atoms with van der Waals surface area (Å²) in [6.45, 7) is 6.70. The van der Waals surface area contributed by atoms with Crippen molar-refractivity contribution in [2.75, 3.05) is 6.54 Å². The second-order valence-electron chi connectivity index (χ2n) is 5.82. The molecule has 1 aliphatic carbocycles. The minimum absolute atomic E-state index is 0.584. The topological polar surface area (TPSA) is 42.7 Å². The van der Waals surface area contributed by atoms with Gasteiger partial charge in [0, 0.05) is 19.5 Å². The maximum Gasteiger partial charge on any atom is 0.0997 e.